The topological polar surface area (TPSA) is 30.5 Å². The Morgan fingerprint density at radius 2 is 2.07 bits per heavy atom. The highest BCUT2D eigenvalue weighted by Gasteiger charge is 2.03. The molecule has 1 aromatic rings. The molecule has 0 aliphatic rings. The molecule has 0 aliphatic carbocycles. The lowest BCUT2D eigenvalue weighted by Gasteiger charge is -2.11. The van der Waals surface area contributed by atoms with Gasteiger partial charge in [0.05, 0.1) is 19.9 Å². The van der Waals surface area contributed by atoms with Crippen LogP contribution in [-0.2, 0) is 0 Å². The lowest BCUT2D eigenvalue weighted by Crippen LogP contribution is -2.04. The molecule has 0 saturated carbocycles. The first kappa shape index (κ1) is 11.0. The first-order valence-corrected chi connectivity index (χ1v) is 4.87. The van der Waals surface area contributed by atoms with Gasteiger partial charge in [0.25, 0.3) is 0 Å². The molecule has 0 atom stereocenters. The molecule has 0 aliphatic heterocycles. The number of rotatable bonds is 5. The Morgan fingerprint density at radius 1 is 1.29 bits per heavy atom. The van der Waals surface area contributed by atoms with Gasteiger partial charge in [-0.05, 0) is 12.1 Å². The molecule has 0 bridgehead atoms. The van der Waals surface area contributed by atoms with Gasteiger partial charge in [0.1, 0.15) is 11.5 Å². The normalized spacial score (nSPS) is 9.64. The predicted octanol–water partition coefficient (Wildman–Crippen LogP) is 2.35. The van der Waals surface area contributed by atoms with Crippen LogP contribution in [-0.4, -0.2) is 26.6 Å². The molecule has 78 valence electrons. The van der Waals surface area contributed by atoms with Crippen molar-refractivity contribution in [1.82, 2.24) is 0 Å². The lowest BCUT2D eigenvalue weighted by atomic mass is 10.2. The van der Waals surface area contributed by atoms with E-state index in [4.69, 9.17) is 21.1 Å². The fourth-order valence-corrected chi connectivity index (χ4v) is 1.22. The third-order valence-corrected chi connectivity index (χ3v) is 2.01. The standard InChI is InChI=1S/C10H14ClNO2/c1-13-8-3-4-9(12-6-5-11)10(7-8)14-2/h3-4,7,12H,5-6H2,1-2H3. The zero-order chi connectivity index (χ0) is 10.4. The van der Waals surface area contributed by atoms with Gasteiger partial charge in [-0.3, -0.25) is 0 Å². The Morgan fingerprint density at radius 3 is 2.64 bits per heavy atom. The molecule has 0 aromatic heterocycles. The third-order valence-electron chi connectivity index (χ3n) is 1.82. The van der Waals surface area contributed by atoms with E-state index in [9.17, 15) is 0 Å². The zero-order valence-electron chi connectivity index (χ0n) is 8.34. The highest BCUT2D eigenvalue weighted by molar-refractivity contribution is 6.18. The predicted molar refractivity (Wildman–Crippen MR) is 58.8 cm³/mol. The van der Waals surface area contributed by atoms with Crippen molar-refractivity contribution in [2.45, 2.75) is 0 Å². The Bertz CT molecular complexity index is 291. The molecule has 1 aromatic carbocycles. The van der Waals surface area contributed by atoms with Crippen molar-refractivity contribution in [2.75, 3.05) is 32.0 Å². The third kappa shape index (κ3) is 2.70. The molecule has 0 unspecified atom stereocenters. The van der Waals surface area contributed by atoms with Crippen molar-refractivity contribution < 1.29 is 9.47 Å². The van der Waals surface area contributed by atoms with E-state index in [2.05, 4.69) is 5.32 Å². The van der Waals surface area contributed by atoms with Crippen LogP contribution in [0.5, 0.6) is 11.5 Å². The monoisotopic (exact) mass is 215 g/mol. The van der Waals surface area contributed by atoms with Gasteiger partial charge in [0, 0.05) is 18.5 Å². The van der Waals surface area contributed by atoms with E-state index in [0.29, 0.717) is 12.4 Å². The molecular weight excluding hydrogens is 202 g/mol. The quantitative estimate of drug-likeness (QED) is 0.765. The van der Waals surface area contributed by atoms with E-state index in [1.165, 1.54) is 0 Å². The van der Waals surface area contributed by atoms with E-state index >= 15 is 0 Å². The molecule has 0 amide bonds. The summed E-state index contributed by atoms with van der Waals surface area (Å²) in [5, 5.41) is 3.15. The van der Waals surface area contributed by atoms with Gasteiger partial charge in [0.15, 0.2) is 0 Å². The minimum atomic E-state index is 0.565. The van der Waals surface area contributed by atoms with Gasteiger partial charge in [0.2, 0.25) is 0 Å². The summed E-state index contributed by atoms with van der Waals surface area (Å²) in [5.41, 5.74) is 0.925. The molecule has 1 N–H and O–H groups in total. The number of ether oxygens (including phenoxy) is 2. The van der Waals surface area contributed by atoms with Crippen molar-refractivity contribution in [3.8, 4) is 11.5 Å². The number of hydrogen-bond donors (Lipinski definition) is 1. The number of methoxy groups -OCH3 is 2. The van der Waals surface area contributed by atoms with Crippen molar-refractivity contribution in [3.63, 3.8) is 0 Å². The zero-order valence-corrected chi connectivity index (χ0v) is 9.10. The summed E-state index contributed by atoms with van der Waals surface area (Å²) in [6, 6.07) is 5.61. The highest BCUT2D eigenvalue weighted by Crippen LogP contribution is 2.28. The van der Waals surface area contributed by atoms with Gasteiger partial charge >= 0.3 is 0 Å². The van der Waals surface area contributed by atoms with E-state index in [1.54, 1.807) is 14.2 Å². The van der Waals surface area contributed by atoms with Crippen molar-refractivity contribution in [1.29, 1.82) is 0 Å². The summed E-state index contributed by atoms with van der Waals surface area (Å²) in [4.78, 5) is 0. The summed E-state index contributed by atoms with van der Waals surface area (Å²) in [7, 11) is 3.25. The maximum absolute atomic E-state index is 5.58. The molecule has 3 nitrogen and oxygen atoms in total. The average Bonchev–Trinajstić information content (AvgIpc) is 2.26. The van der Waals surface area contributed by atoms with Crippen LogP contribution in [0.2, 0.25) is 0 Å². The van der Waals surface area contributed by atoms with Crippen LogP contribution < -0.4 is 14.8 Å². The van der Waals surface area contributed by atoms with Crippen LogP contribution in [0.25, 0.3) is 0 Å². The smallest absolute Gasteiger partial charge is 0.145 e. The van der Waals surface area contributed by atoms with E-state index < -0.39 is 0 Å². The van der Waals surface area contributed by atoms with Gasteiger partial charge in [-0.1, -0.05) is 0 Å². The SMILES string of the molecule is COc1ccc(NCCCl)c(OC)c1. The fraction of sp³-hybridized carbons (Fsp3) is 0.400. The average molecular weight is 216 g/mol. The fourth-order valence-electron chi connectivity index (χ4n) is 1.13. The number of nitrogens with one attached hydrogen (secondary N) is 1. The van der Waals surface area contributed by atoms with E-state index in [-0.39, 0.29) is 0 Å². The van der Waals surface area contributed by atoms with E-state index in [1.807, 2.05) is 18.2 Å². The van der Waals surface area contributed by atoms with Crippen LogP contribution in [0.1, 0.15) is 0 Å². The second kappa shape index (κ2) is 5.60. The van der Waals surface area contributed by atoms with Crippen molar-refractivity contribution >= 4 is 17.3 Å². The van der Waals surface area contributed by atoms with Gasteiger partial charge < -0.3 is 14.8 Å². The van der Waals surface area contributed by atoms with Crippen LogP contribution in [0, 0.1) is 0 Å². The maximum atomic E-state index is 5.58. The molecule has 0 saturated heterocycles. The van der Waals surface area contributed by atoms with Crippen molar-refractivity contribution in [3.05, 3.63) is 18.2 Å². The molecule has 1 rings (SSSR count). The Labute approximate surface area is 89.0 Å². The minimum Gasteiger partial charge on any atom is -0.497 e. The van der Waals surface area contributed by atoms with Crippen LogP contribution in [0.3, 0.4) is 0 Å². The Balaban J connectivity index is 2.82. The molecular formula is C10H14ClNO2. The van der Waals surface area contributed by atoms with Crippen molar-refractivity contribution in [2.24, 2.45) is 0 Å². The number of benzene rings is 1. The molecule has 14 heavy (non-hydrogen) atoms. The summed E-state index contributed by atoms with van der Waals surface area (Å²) in [6.45, 7) is 0.713. The van der Waals surface area contributed by atoms with Crippen LogP contribution in [0.4, 0.5) is 5.69 Å². The summed E-state index contributed by atoms with van der Waals surface area (Å²) < 4.78 is 10.3. The van der Waals surface area contributed by atoms with Gasteiger partial charge in [-0.15, -0.1) is 11.6 Å². The van der Waals surface area contributed by atoms with Crippen LogP contribution >= 0.6 is 11.6 Å². The number of alkyl halides is 1. The van der Waals surface area contributed by atoms with Gasteiger partial charge in [-0.25, -0.2) is 0 Å². The summed E-state index contributed by atoms with van der Waals surface area (Å²) in [6.07, 6.45) is 0. The number of hydrogen-bond acceptors (Lipinski definition) is 3. The first-order chi connectivity index (χ1) is 6.81. The molecule has 4 heteroatoms. The highest BCUT2D eigenvalue weighted by atomic mass is 35.5. The summed E-state index contributed by atoms with van der Waals surface area (Å²) >= 11 is 5.58. The molecule has 0 heterocycles. The molecule has 0 radical (unpaired) electrons. The largest absolute Gasteiger partial charge is 0.497 e. The second-order valence-corrected chi connectivity index (χ2v) is 3.06. The maximum Gasteiger partial charge on any atom is 0.145 e. The van der Waals surface area contributed by atoms with E-state index in [0.717, 1.165) is 17.2 Å². The summed E-state index contributed by atoms with van der Waals surface area (Å²) in [5.74, 6) is 2.10. The molecule has 0 fully saturated rings. The van der Waals surface area contributed by atoms with Crippen LogP contribution in [0.15, 0.2) is 18.2 Å². The second-order valence-electron chi connectivity index (χ2n) is 2.68. The number of halogens is 1. The van der Waals surface area contributed by atoms with Gasteiger partial charge in [-0.2, -0.15) is 0 Å². The Kier molecular flexibility index (Phi) is 4.40. The lowest BCUT2D eigenvalue weighted by molar-refractivity contribution is 0.395. The Hall–Kier alpha value is -1.09. The first-order valence-electron chi connectivity index (χ1n) is 4.33. The molecule has 0 spiro atoms. The number of anilines is 1. The minimum absolute atomic E-state index is 0.565.